The van der Waals surface area contributed by atoms with Crippen molar-refractivity contribution in [3.8, 4) is 0 Å². The summed E-state index contributed by atoms with van der Waals surface area (Å²) in [6.07, 6.45) is 3.00. The van der Waals surface area contributed by atoms with Crippen LogP contribution in [0, 0.1) is 0 Å². The Labute approximate surface area is 242 Å². The number of aromatic nitrogens is 1. The topological polar surface area (TPSA) is 101 Å². The minimum atomic E-state index is -1.30. The molecule has 0 aliphatic carbocycles. The summed E-state index contributed by atoms with van der Waals surface area (Å²) < 4.78 is 0. The van der Waals surface area contributed by atoms with Crippen LogP contribution in [-0.4, -0.2) is 22.6 Å². The smallest absolute Gasteiger partial charge is 0.857 e. The molecular weight excluding hydrogens is 545 g/mol. The molecule has 0 aliphatic rings. The number of carboxylic acids is 1. The number of pyridine rings is 1. The molecule has 198 valence electrons. The molecule has 0 radical (unpaired) electrons. The van der Waals surface area contributed by atoms with E-state index < -0.39 is 11.9 Å². The number of aliphatic carboxylic acids is 1. The molecule has 0 atom stereocenters. The Morgan fingerprint density at radius 1 is 0.775 bits per heavy atom. The van der Waals surface area contributed by atoms with Crippen LogP contribution in [0.4, 0.5) is 5.69 Å². The second-order valence-corrected chi connectivity index (χ2v) is 8.75. The van der Waals surface area contributed by atoms with E-state index in [0.29, 0.717) is 17.0 Å². The van der Waals surface area contributed by atoms with Gasteiger partial charge in [-0.05, 0) is 40.1 Å². The molecule has 1 aromatic heterocycles. The number of carbonyl (C=O) groups is 1. The molecule has 5 aromatic rings. The molecule has 1 heterocycles. The Hall–Kier alpha value is -4.87. The van der Waals surface area contributed by atoms with Crippen LogP contribution in [0.15, 0.2) is 143 Å². The van der Waals surface area contributed by atoms with Gasteiger partial charge < -0.3 is 15.0 Å². The van der Waals surface area contributed by atoms with Gasteiger partial charge in [0.1, 0.15) is 0 Å². The van der Waals surface area contributed by atoms with Gasteiger partial charge in [0, 0.05) is 35.8 Å². The molecule has 0 spiro atoms. The predicted molar refractivity (Wildman–Crippen MR) is 150 cm³/mol. The number of nitrogens with zero attached hydrogens (tertiary/aromatic N) is 3. The number of fused-ring (bicyclic) bond motifs is 1. The van der Waals surface area contributed by atoms with Crippen molar-refractivity contribution in [1.82, 2.24) is 4.98 Å². The number of benzene rings is 4. The van der Waals surface area contributed by atoms with Gasteiger partial charge in [-0.25, -0.2) is 0 Å². The first kappa shape index (κ1) is 28.1. The Kier molecular flexibility index (Phi) is 9.34. The summed E-state index contributed by atoms with van der Waals surface area (Å²) in [6, 6.07) is 35.1. The SMILES string of the molecule is O=C([O-])/C(=C\N=C(c1ccccc1)c1ccccc1N=C([O-])c1ccccn1)Cc1cccc2ccccc12.[Ni+2]. The average molecular weight is 568 g/mol. The molecule has 0 N–H and O–H groups in total. The van der Waals surface area contributed by atoms with Crippen molar-refractivity contribution in [2.24, 2.45) is 9.98 Å². The minimum Gasteiger partial charge on any atom is -0.857 e. The Balaban J connectivity index is 0.00000370. The van der Waals surface area contributed by atoms with Crippen molar-refractivity contribution in [3.63, 3.8) is 0 Å². The zero-order valence-corrected chi connectivity index (χ0v) is 22.2. The van der Waals surface area contributed by atoms with E-state index in [1.165, 1.54) is 12.4 Å². The molecule has 0 amide bonds. The number of rotatable bonds is 8. The molecule has 4 aromatic carbocycles. The molecule has 40 heavy (non-hydrogen) atoms. The number of hydrogen-bond acceptors (Lipinski definition) is 6. The van der Waals surface area contributed by atoms with Crippen molar-refractivity contribution in [2.45, 2.75) is 6.42 Å². The third-order valence-corrected chi connectivity index (χ3v) is 6.18. The minimum absolute atomic E-state index is 0. The van der Waals surface area contributed by atoms with Gasteiger partial charge in [-0.1, -0.05) is 97.1 Å². The summed E-state index contributed by atoms with van der Waals surface area (Å²) in [7, 11) is 0. The van der Waals surface area contributed by atoms with E-state index in [1.807, 2.05) is 78.9 Å². The van der Waals surface area contributed by atoms with Crippen molar-refractivity contribution < 1.29 is 31.5 Å². The van der Waals surface area contributed by atoms with Gasteiger partial charge in [0.25, 0.3) is 0 Å². The third-order valence-electron chi connectivity index (χ3n) is 6.18. The standard InChI is InChI=1S/C33H25N3O3.Ni/c37-32(30-19-8-9-20-34-30)36-29-18-7-6-17-28(29)31(24-12-2-1-3-13-24)35-22-26(33(38)39)21-25-15-10-14-23-11-4-5-16-27(23)25;/h1-20,22H,21H2,(H,36,37)(H,38,39);/q;+2/p-2/b26-22-,35-31?;. The Morgan fingerprint density at radius 3 is 2.25 bits per heavy atom. The summed E-state index contributed by atoms with van der Waals surface area (Å²) >= 11 is 0. The average Bonchev–Trinajstić information content (AvgIpc) is 2.98. The second kappa shape index (κ2) is 13.3. The van der Waals surface area contributed by atoms with Crippen molar-refractivity contribution >= 4 is 34.0 Å². The number of carboxylic acid groups (broad SMARTS) is 1. The number of aliphatic imine (C=N–C) groups is 2. The monoisotopic (exact) mass is 567 g/mol. The third kappa shape index (κ3) is 6.58. The fraction of sp³-hybridized carbons (Fsp3) is 0.0303. The number of para-hydroxylation sites is 1. The second-order valence-electron chi connectivity index (χ2n) is 8.75. The first-order valence-corrected chi connectivity index (χ1v) is 12.4. The van der Waals surface area contributed by atoms with Crippen LogP contribution in [0.1, 0.15) is 22.4 Å². The van der Waals surface area contributed by atoms with E-state index in [2.05, 4.69) is 15.0 Å². The Morgan fingerprint density at radius 2 is 1.48 bits per heavy atom. The van der Waals surface area contributed by atoms with E-state index in [4.69, 9.17) is 0 Å². The fourth-order valence-corrected chi connectivity index (χ4v) is 4.29. The molecule has 0 saturated carbocycles. The zero-order valence-electron chi connectivity index (χ0n) is 21.2. The molecule has 0 saturated heterocycles. The van der Waals surface area contributed by atoms with Gasteiger partial charge in [-0.2, -0.15) is 0 Å². The van der Waals surface area contributed by atoms with E-state index in [-0.39, 0.29) is 34.2 Å². The maximum atomic E-state index is 12.8. The van der Waals surface area contributed by atoms with E-state index >= 15 is 0 Å². The van der Waals surface area contributed by atoms with E-state index in [1.54, 1.807) is 36.4 Å². The largest absolute Gasteiger partial charge is 2.00 e. The van der Waals surface area contributed by atoms with Crippen molar-refractivity contribution in [1.29, 1.82) is 0 Å². The molecule has 0 bridgehead atoms. The van der Waals surface area contributed by atoms with Crippen LogP contribution in [0.2, 0.25) is 0 Å². The normalized spacial score (nSPS) is 12.2. The molecule has 7 heteroatoms. The first-order chi connectivity index (χ1) is 19.1. The van der Waals surface area contributed by atoms with Gasteiger partial charge in [0.15, 0.2) is 0 Å². The predicted octanol–water partition coefficient (Wildman–Crippen LogP) is 4.38. The van der Waals surface area contributed by atoms with Crippen LogP contribution in [0.5, 0.6) is 0 Å². The fourth-order valence-electron chi connectivity index (χ4n) is 4.29. The maximum Gasteiger partial charge on any atom is 2.00 e. The first-order valence-electron chi connectivity index (χ1n) is 12.4. The zero-order chi connectivity index (χ0) is 27.0. The summed E-state index contributed by atoms with van der Waals surface area (Å²) in [4.78, 5) is 25.2. The van der Waals surface area contributed by atoms with Gasteiger partial charge >= 0.3 is 16.5 Å². The van der Waals surface area contributed by atoms with Crippen LogP contribution in [-0.2, 0) is 27.7 Å². The van der Waals surface area contributed by atoms with E-state index in [0.717, 1.165) is 21.9 Å². The van der Waals surface area contributed by atoms with E-state index in [9.17, 15) is 15.0 Å². The van der Waals surface area contributed by atoms with Crippen LogP contribution in [0.3, 0.4) is 0 Å². The quantitative estimate of drug-likeness (QED) is 0.120. The van der Waals surface area contributed by atoms with Crippen LogP contribution < -0.4 is 10.2 Å². The summed E-state index contributed by atoms with van der Waals surface area (Å²) in [5.41, 5.74) is 3.29. The summed E-state index contributed by atoms with van der Waals surface area (Å²) in [5.74, 6) is -1.79. The van der Waals surface area contributed by atoms with Crippen molar-refractivity contribution in [2.75, 3.05) is 0 Å². The van der Waals surface area contributed by atoms with Gasteiger partial charge in [0.2, 0.25) is 0 Å². The van der Waals surface area contributed by atoms with Crippen LogP contribution in [0.25, 0.3) is 10.8 Å². The van der Waals surface area contributed by atoms with Gasteiger partial charge in [-0.3, -0.25) is 15.0 Å². The van der Waals surface area contributed by atoms with Crippen LogP contribution >= 0.6 is 0 Å². The van der Waals surface area contributed by atoms with Crippen molar-refractivity contribution in [3.05, 3.63) is 156 Å². The molecule has 0 fully saturated rings. The van der Waals surface area contributed by atoms with Gasteiger partial charge in [-0.15, -0.1) is 0 Å². The summed E-state index contributed by atoms with van der Waals surface area (Å²) in [6.45, 7) is 0. The molecule has 6 nitrogen and oxygen atoms in total. The molecular formula is C33H23N3NiO3. The molecule has 0 aliphatic heterocycles. The number of hydrogen-bond donors (Lipinski definition) is 0. The molecule has 0 unspecified atom stereocenters. The molecule has 5 rings (SSSR count). The maximum absolute atomic E-state index is 12.8. The Bertz CT molecular complexity index is 1710. The number of carbonyl (C=O) groups excluding carboxylic acids is 1. The van der Waals surface area contributed by atoms with Gasteiger partial charge in [0.05, 0.1) is 23.1 Å². The summed E-state index contributed by atoms with van der Waals surface area (Å²) in [5, 5.41) is 27.0.